The first kappa shape index (κ1) is 20.4. The molecule has 1 aromatic heterocycles. The van der Waals surface area contributed by atoms with Crippen LogP contribution in [-0.2, 0) is 11.3 Å². The van der Waals surface area contributed by atoms with E-state index >= 15 is 0 Å². The Morgan fingerprint density at radius 3 is 2.86 bits per heavy atom. The molecule has 0 aliphatic rings. The van der Waals surface area contributed by atoms with Crippen LogP contribution in [0, 0.1) is 0 Å². The third kappa shape index (κ3) is 4.94. The van der Waals surface area contributed by atoms with E-state index in [1.807, 2.05) is 13.0 Å². The van der Waals surface area contributed by atoms with Gasteiger partial charge in [-0.1, -0.05) is 30.7 Å². The van der Waals surface area contributed by atoms with Crippen molar-refractivity contribution in [3.63, 3.8) is 0 Å². The van der Waals surface area contributed by atoms with Gasteiger partial charge in [0.25, 0.3) is 0 Å². The van der Waals surface area contributed by atoms with Gasteiger partial charge in [0.15, 0.2) is 11.5 Å². The Kier molecular flexibility index (Phi) is 6.51. The summed E-state index contributed by atoms with van der Waals surface area (Å²) in [4.78, 5) is 20.4. The van der Waals surface area contributed by atoms with Crippen LogP contribution in [0.2, 0.25) is 5.02 Å². The number of carbonyl (C=O) groups is 1. The summed E-state index contributed by atoms with van der Waals surface area (Å²) in [5, 5.41) is 17.4. The molecule has 3 aromatic rings. The van der Waals surface area contributed by atoms with Crippen LogP contribution in [0.25, 0.3) is 10.9 Å². The lowest BCUT2D eigenvalue weighted by Gasteiger charge is -2.14. The van der Waals surface area contributed by atoms with Gasteiger partial charge in [0.2, 0.25) is 5.91 Å². The molecule has 1 heterocycles. The van der Waals surface area contributed by atoms with Gasteiger partial charge in [0.05, 0.1) is 12.6 Å². The van der Waals surface area contributed by atoms with E-state index in [1.54, 1.807) is 24.3 Å². The van der Waals surface area contributed by atoms with E-state index in [4.69, 9.17) is 16.3 Å². The van der Waals surface area contributed by atoms with Crippen molar-refractivity contribution in [2.24, 2.45) is 0 Å². The van der Waals surface area contributed by atoms with Gasteiger partial charge in [-0.05, 0) is 36.3 Å². The number of aromatic hydroxyl groups is 1. The number of allylic oxidation sites excluding steroid dienone is 1. The second-order valence-electron chi connectivity index (χ2n) is 6.22. The van der Waals surface area contributed by atoms with Gasteiger partial charge >= 0.3 is 0 Å². The Morgan fingerprint density at radius 2 is 2.10 bits per heavy atom. The van der Waals surface area contributed by atoms with Gasteiger partial charge < -0.3 is 20.5 Å². The first-order chi connectivity index (χ1) is 14.0. The highest BCUT2D eigenvalue weighted by molar-refractivity contribution is 6.30. The van der Waals surface area contributed by atoms with E-state index in [0.717, 1.165) is 12.0 Å². The minimum Gasteiger partial charge on any atom is -0.504 e. The zero-order chi connectivity index (χ0) is 20.8. The molecule has 0 radical (unpaired) electrons. The lowest BCUT2D eigenvalue weighted by atomic mass is 10.1. The van der Waals surface area contributed by atoms with Crippen molar-refractivity contribution in [2.75, 3.05) is 12.4 Å². The molecular formula is C21H21ClN4O3. The number of anilines is 2. The summed E-state index contributed by atoms with van der Waals surface area (Å²) < 4.78 is 5.13. The SMILES string of the molecule is CCC=CC(=O)NCc1ccc(Cl)cc1Nc1ncnc2cc(OC)c(O)cc12. The standard InChI is InChI=1S/C21H21ClN4O3/c1-3-4-5-20(28)23-11-13-6-7-14(22)8-16(13)26-21-15-9-18(27)19(29-2)10-17(15)24-12-25-21/h4-10,12,27H,3,11H2,1-2H3,(H,23,28)(H,24,25,26). The molecule has 0 bridgehead atoms. The maximum absolute atomic E-state index is 11.9. The van der Waals surface area contributed by atoms with Crippen molar-refractivity contribution in [3.05, 3.63) is 59.4 Å². The molecule has 0 unspecified atom stereocenters. The fourth-order valence-corrected chi connectivity index (χ4v) is 2.92. The number of rotatable bonds is 7. The third-order valence-electron chi connectivity index (χ3n) is 4.22. The number of aromatic nitrogens is 2. The number of methoxy groups -OCH3 is 1. The molecular weight excluding hydrogens is 392 g/mol. The number of phenolic OH excluding ortho intramolecular Hbond substituents is 1. The third-order valence-corrected chi connectivity index (χ3v) is 4.45. The summed E-state index contributed by atoms with van der Waals surface area (Å²) in [5.74, 6) is 0.638. The second-order valence-corrected chi connectivity index (χ2v) is 6.65. The number of ether oxygens (including phenoxy) is 1. The number of benzene rings is 2. The normalized spacial score (nSPS) is 11.0. The Hall–Kier alpha value is -3.32. The minimum atomic E-state index is -0.169. The van der Waals surface area contributed by atoms with Crippen molar-refractivity contribution in [1.82, 2.24) is 15.3 Å². The zero-order valence-corrected chi connectivity index (χ0v) is 16.8. The summed E-state index contributed by atoms with van der Waals surface area (Å²) in [5.41, 5.74) is 2.13. The van der Waals surface area contributed by atoms with Crippen LogP contribution in [0.5, 0.6) is 11.5 Å². The van der Waals surface area contributed by atoms with Gasteiger partial charge in [-0.25, -0.2) is 9.97 Å². The molecule has 0 aliphatic carbocycles. The molecule has 1 amide bonds. The van der Waals surface area contributed by atoms with E-state index in [9.17, 15) is 9.90 Å². The van der Waals surface area contributed by atoms with E-state index < -0.39 is 0 Å². The molecule has 29 heavy (non-hydrogen) atoms. The molecule has 0 aliphatic heterocycles. The molecule has 2 aromatic carbocycles. The molecule has 0 saturated carbocycles. The number of amides is 1. The molecule has 150 valence electrons. The first-order valence-corrected chi connectivity index (χ1v) is 9.41. The van der Waals surface area contributed by atoms with E-state index in [2.05, 4.69) is 20.6 Å². The number of hydrogen-bond donors (Lipinski definition) is 3. The number of phenols is 1. The van der Waals surface area contributed by atoms with Gasteiger partial charge in [-0.3, -0.25) is 4.79 Å². The van der Waals surface area contributed by atoms with E-state index in [1.165, 1.54) is 25.6 Å². The molecule has 0 atom stereocenters. The largest absolute Gasteiger partial charge is 0.504 e. The topological polar surface area (TPSA) is 96.4 Å². The number of nitrogens with one attached hydrogen (secondary N) is 2. The maximum atomic E-state index is 11.9. The van der Waals surface area contributed by atoms with E-state index in [-0.39, 0.29) is 11.7 Å². The molecule has 8 heteroatoms. The second kappa shape index (κ2) is 9.25. The van der Waals surface area contributed by atoms with E-state index in [0.29, 0.717) is 39.7 Å². The number of hydrogen-bond acceptors (Lipinski definition) is 6. The molecule has 3 N–H and O–H groups in total. The number of fused-ring (bicyclic) bond motifs is 1. The van der Waals surface area contributed by atoms with Gasteiger partial charge in [-0.2, -0.15) is 0 Å². The van der Waals surface area contributed by atoms with Crippen LogP contribution in [0.15, 0.2) is 48.8 Å². The number of carbonyl (C=O) groups excluding carboxylic acids is 1. The smallest absolute Gasteiger partial charge is 0.243 e. The highest BCUT2D eigenvalue weighted by Gasteiger charge is 2.12. The molecule has 7 nitrogen and oxygen atoms in total. The molecule has 0 saturated heterocycles. The number of halogens is 1. The quantitative estimate of drug-likeness (QED) is 0.500. The lowest BCUT2D eigenvalue weighted by Crippen LogP contribution is -2.20. The predicted molar refractivity (Wildman–Crippen MR) is 114 cm³/mol. The fraction of sp³-hybridized carbons (Fsp3) is 0.190. The summed E-state index contributed by atoms with van der Waals surface area (Å²) in [6.07, 6.45) is 5.52. The van der Waals surface area contributed by atoms with Crippen molar-refractivity contribution >= 4 is 39.9 Å². The zero-order valence-electron chi connectivity index (χ0n) is 16.1. The average Bonchev–Trinajstić information content (AvgIpc) is 2.71. The molecule has 3 rings (SSSR count). The van der Waals surface area contributed by atoms with Crippen molar-refractivity contribution in [3.8, 4) is 11.5 Å². The van der Waals surface area contributed by atoms with Crippen LogP contribution in [-0.4, -0.2) is 28.1 Å². The Morgan fingerprint density at radius 1 is 1.28 bits per heavy atom. The van der Waals surface area contributed by atoms with Gasteiger partial charge in [0.1, 0.15) is 12.1 Å². The summed E-state index contributed by atoms with van der Waals surface area (Å²) >= 11 is 6.17. The first-order valence-electron chi connectivity index (χ1n) is 9.03. The van der Waals surface area contributed by atoms with Gasteiger partial charge in [0, 0.05) is 28.7 Å². The van der Waals surface area contributed by atoms with Crippen molar-refractivity contribution in [2.45, 2.75) is 19.9 Å². The van der Waals surface area contributed by atoms with Crippen LogP contribution in [0.3, 0.4) is 0 Å². The molecule has 0 fully saturated rings. The predicted octanol–water partition coefficient (Wildman–Crippen LogP) is 4.32. The monoisotopic (exact) mass is 412 g/mol. The van der Waals surface area contributed by atoms with Gasteiger partial charge in [-0.15, -0.1) is 0 Å². The molecule has 0 spiro atoms. The van der Waals surface area contributed by atoms with Crippen LogP contribution >= 0.6 is 11.6 Å². The Bertz CT molecular complexity index is 1070. The van der Waals surface area contributed by atoms with Crippen LogP contribution in [0.4, 0.5) is 11.5 Å². The lowest BCUT2D eigenvalue weighted by molar-refractivity contribution is -0.116. The summed E-state index contributed by atoms with van der Waals surface area (Å²) in [6, 6.07) is 8.51. The highest BCUT2D eigenvalue weighted by atomic mass is 35.5. The minimum absolute atomic E-state index is 0.0147. The van der Waals surface area contributed by atoms with Crippen LogP contribution < -0.4 is 15.4 Å². The maximum Gasteiger partial charge on any atom is 0.243 e. The number of nitrogens with zero attached hydrogens (tertiary/aromatic N) is 2. The fourth-order valence-electron chi connectivity index (χ4n) is 2.75. The Balaban J connectivity index is 1.92. The average molecular weight is 413 g/mol. The van der Waals surface area contributed by atoms with Crippen molar-refractivity contribution < 1.29 is 14.6 Å². The highest BCUT2D eigenvalue weighted by Crippen LogP contribution is 2.34. The van der Waals surface area contributed by atoms with Crippen LogP contribution in [0.1, 0.15) is 18.9 Å². The summed E-state index contributed by atoms with van der Waals surface area (Å²) in [7, 11) is 1.48. The Labute approximate surface area is 173 Å². The summed E-state index contributed by atoms with van der Waals surface area (Å²) in [6.45, 7) is 2.28. The van der Waals surface area contributed by atoms with Crippen molar-refractivity contribution in [1.29, 1.82) is 0 Å².